The Hall–Kier alpha value is -1.95. The Kier molecular flexibility index (Phi) is 5.67. The molecule has 0 saturated heterocycles. The van der Waals surface area contributed by atoms with Crippen LogP contribution in [0.3, 0.4) is 0 Å². The fraction of sp³-hybridized carbons (Fsp3) is 0.357. The van der Waals surface area contributed by atoms with Gasteiger partial charge in [0.1, 0.15) is 0 Å². The summed E-state index contributed by atoms with van der Waals surface area (Å²) in [5.41, 5.74) is 1.46. The van der Waals surface area contributed by atoms with E-state index in [-0.39, 0.29) is 5.97 Å². The number of benzene rings is 1. The van der Waals surface area contributed by atoms with E-state index in [0.29, 0.717) is 18.7 Å². The van der Waals surface area contributed by atoms with Crippen molar-refractivity contribution in [1.29, 1.82) is 0 Å². The van der Waals surface area contributed by atoms with Crippen molar-refractivity contribution in [3.8, 4) is 12.3 Å². The van der Waals surface area contributed by atoms with E-state index in [4.69, 9.17) is 11.2 Å². The van der Waals surface area contributed by atoms with Crippen molar-refractivity contribution in [3.05, 3.63) is 29.8 Å². The number of hydrogen-bond acceptors (Lipinski definition) is 3. The van der Waals surface area contributed by atoms with Crippen molar-refractivity contribution in [3.63, 3.8) is 0 Å². The van der Waals surface area contributed by atoms with Crippen LogP contribution >= 0.6 is 0 Å². The average Bonchev–Trinajstić information content (AvgIpc) is 2.37. The van der Waals surface area contributed by atoms with Crippen molar-refractivity contribution in [2.75, 3.05) is 18.5 Å². The molecule has 0 radical (unpaired) electrons. The van der Waals surface area contributed by atoms with Gasteiger partial charge in [0.15, 0.2) is 0 Å². The number of hydrogen-bond donors (Lipinski definition) is 1. The fourth-order valence-corrected chi connectivity index (χ4v) is 1.27. The molecule has 0 unspecified atom stereocenters. The number of terminal acetylenes is 1. The third-order valence-electron chi connectivity index (χ3n) is 2.25. The van der Waals surface area contributed by atoms with Crippen LogP contribution in [0.1, 0.15) is 30.1 Å². The van der Waals surface area contributed by atoms with E-state index in [1.165, 1.54) is 0 Å². The van der Waals surface area contributed by atoms with E-state index in [0.717, 1.165) is 18.5 Å². The lowest BCUT2D eigenvalue weighted by atomic mass is 10.2. The van der Waals surface area contributed by atoms with Crippen LogP contribution < -0.4 is 5.32 Å². The lowest BCUT2D eigenvalue weighted by Gasteiger charge is -2.05. The second-order valence-electron chi connectivity index (χ2n) is 3.62. The Morgan fingerprint density at radius 1 is 1.41 bits per heavy atom. The number of esters is 1. The summed E-state index contributed by atoms with van der Waals surface area (Å²) in [6.07, 6.45) is 7.05. The Balaban J connectivity index is 2.49. The van der Waals surface area contributed by atoms with Gasteiger partial charge in [0.2, 0.25) is 0 Å². The highest BCUT2D eigenvalue weighted by molar-refractivity contribution is 5.89. The number of carbonyl (C=O) groups excluding carboxylic acids is 1. The summed E-state index contributed by atoms with van der Waals surface area (Å²) in [6.45, 7) is 3.01. The van der Waals surface area contributed by atoms with E-state index in [2.05, 4.69) is 18.2 Å². The van der Waals surface area contributed by atoms with Crippen LogP contribution in [0.15, 0.2) is 24.3 Å². The molecule has 0 saturated carbocycles. The van der Waals surface area contributed by atoms with Crippen molar-refractivity contribution in [2.24, 2.45) is 0 Å². The van der Waals surface area contributed by atoms with Gasteiger partial charge in [0, 0.05) is 5.69 Å². The van der Waals surface area contributed by atoms with E-state index in [1.807, 2.05) is 12.1 Å². The summed E-state index contributed by atoms with van der Waals surface area (Å²) < 4.78 is 5.10. The van der Waals surface area contributed by atoms with Crippen LogP contribution in [-0.4, -0.2) is 19.1 Å². The molecule has 17 heavy (non-hydrogen) atoms. The maximum atomic E-state index is 11.6. The smallest absolute Gasteiger partial charge is 0.338 e. The first-order valence-corrected chi connectivity index (χ1v) is 5.72. The summed E-state index contributed by atoms with van der Waals surface area (Å²) >= 11 is 0. The lowest BCUT2D eigenvalue weighted by molar-refractivity contribution is 0.0500. The normalized spacial score (nSPS) is 9.41. The first-order chi connectivity index (χ1) is 8.27. The van der Waals surface area contributed by atoms with Gasteiger partial charge in [-0.2, -0.15) is 0 Å². The van der Waals surface area contributed by atoms with Gasteiger partial charge in [-0.3, -0.25) is 0 Å². The molecule has 90 valence electrons. The SMILES string of the molecule is C#CCNc1ccc(C(=O)OCCCC)cc1. The van der Waals surface area contributed by atoms with Crippen LogP contribution in [-0.2, 0) is 4.74 Å². The highest BCUT2D eigenvalue weighted by Crippen LogP contribution is 2.10. The molecule has 1 aromatic rings. The molecule has 0 heterocycles. The number of nitrogens with one attached hydrogen (secondary N) is 1. The minimum absolute atomic E-state index is 0.276. The molecule has 3 heteroatoms. The summed E-state index contributed by atoms with van der Waals surface area (Å²) in [6, 6.07) is 7.09. The number of rotatable bonds is 6. The number of carbonyl (C=O) groups is 1. The van der Waals surface area contributed by atoms with Crippen molar-refractivity contribution < 1.29 is 9.53 Å². The first-order valence-electron chi connectivity index (χ1n) is 5.72. The summed E-state index contributed by atoms with van der Waals surface area (Å²) in [5.74, 6) is 2.21. The third-order valence-corrected chi connectivity index (χ3v) is 2.25. The minimum atomic E-state index is -0.276. The molecule has 0 aromatic heterocycles. The quantitative estimate of drug-likeness (QED) is 0.465. The van der Waals surface area contributed by atoms with Crippen LogP contribution in [0, 0.1) is 12.3 Å². The van der Waals surface area contributed by atoms with Gasteiger partial charge in [0.05, 0.1) is 18.7 Å². The topological polar surface area (TPSA) is 38.3 Å². The van der Waals surface area contributed by atoms with Crippen LogP contribution in [0.25, 0.3) is 0 Å². The van der Waals surface area contributed by atoms with Crippen LogP contribution in [0.2, 0.25) is 0 Å². The van der Waals surface area contributed by atoms with E-state index in [1.54, 1.807) is 12.1 Å². The maximum absolute atomic E-state index is 11.6. The second-order valence-corrected chi connectivity index (χ2v) is 3.62. The number of anilines is 1. The monoisotopic (exact) mass is 231 g/mol. The predicted octanol–water partition coefficient (Wildman–Crippen LogP) is 2.69. The molecule has 0 atom stereocenters. The fourth-order valence-electron chi connectivity index (χ4n) is 1.27. The number of ether oxygens (including phenoxy) is 1. The maximum Gasteiger partial charge on any atom is 0.338 e. The second kappa shape index (κ2) is 7.34. The average molecular weight is 231 g/mol. The molecule has 0 aliphatic heterocycles. The standard InChI is InChI=1S/C14H17NO2/c1-3-5-11-17-14(16)12-6-8-13(9-7-12)15-10-4-2/h2,6-9,15H,3,5,10-11H2,1H3. The molecule has 0 fully saturated rings. The summed E-state index contributed by atoms with van der Waals surface area (Å²) in [7, 11) is 0. The highest BCUT2D eigenvalue weighted by Gasteiger charge is 2.05. The molecule has 0 aliphatic carbocycles. The first kappa shape index (κ1) is 13.1. The van der Waals surface area contributed by atoms with Gasteiger partial charge in [0.25, 0.3) is 0 Å². The molecule has 0 spiro atoms. The zero-order valence-electron chi connectivity index (χ0n) is 10.0. The molecule has 1 N–H and O–H groups in total. The van der Waals surface area contributed by atoms with E-state index < -0.39 is 0 Å². The van der Waals surface area contributed by atoms with Crippen molar-refractivity contribution in [2.45, 2.75) is 19.8 Å². The molecule has 0 amide bonds. The van der Waals surface area contributed by atoms with Gasteiger partial charge in [-0.25, -0.2) is 4.79 Å². The lowest BCUT2D eigenvalue weighted by Crippen LogP contribution is -2.06. The van der Waals surface area contributed by atoms with Gasteiger partial charge in [-0.15, -0.1) is 6.42 Å². The summed E-state index contributed by atoms with van der Waals surface area (Å²) in [5, 5.41) is 3.02. The van der Waals surface area contributed by atoms with Gasteiger partial charge < -0.3 is 10.1 Å². The molecular formula is C14H17NO2. The Morgan fingerprint density at radius 3 is 2.71 bits per heavy atom. The zero-order chi connectivity index (χ0) is 12.5. The summed E-state index contributed by atoms with van der Waals surface area (Å²) in [4.78, 5) is 11.6. The molecule has 0 aliphatic rings. The minimum Gasteiger partial charge on any atom is -0.462 e. The molecule has 0 bridgehead atoms. The Labute approximate surface area is 102 Å². The van der Waals surface area contributed by atoms with Gasteiger partial charge in [-0.05, 0) is 30.7 Å². The molecule has 1 rings (SSSR count). The van der Waals surface area contributed by atoms with E-state index >= 15 is 0 Å². The predicted molar refractivity (Wildman–Crippen MR) is 69.0 cm³/mol. The highest BCUT2D eigenvalue weighted by atomic mass is 16.5. The number of unbranched alkanes of at least 4 members (excludes halogenated alkanes) is 1. The van der Waals surface area contributed by atoms with Crippen LogP contribution in [0.5, 0.6) is 0 Å². The van der Waals surface area contributed by atoms with Gasteiger partial charge in [-0.1, -0.05) is 19.3 Å². The Morgan fingerprint density at radius 2 is 2.12 bits per heavy atom. The van der Waals surface area contributed by atoms with Gasteiger partial charge >= 0.3 is 5.97 Å². The largest absolute Gasteiger partial charge is 0.462 e. The molecular weight excluding hydrogens is 214 g/mol. The van der Waals surface area contributed by atoms with Crippen LogP contribution in [0.4, 0.5) is 5.69 Å². The molecule has 1 aromatic carbocycles. The van der Waals surface area contributed by atoms with Crippen molar-refractivity contribution >= 4 is 11.7 Å². The van der Waals surface area contributed by atoms with Crippen molar-refractivity contribution in [1.82, 2.24) is 0 Å². The third kappa shape index (κ3) is 4.60. The Bertz CT molecular complexity index is 390. The molecule has 3 nitrogen and oxygen atoms in total. The van der Waals surface area contributed by atoms with E-state index in [9.17, 15) is 4.79 Å². The zero-order valence-corrected chi connectivity index (χ0v) is 10.0.